The van der Waals surface area contributed by atoms with E-state index in [0.717, 1.165) is 61.7 Å². The van der Waals surface area contributed by atoms with Gasteiger partial charge in [-0.05, 0) is 61.8 Å². The first kappa shape index (κ1) is 36.4. The normalized spacial score (nSPS) is 14.5. The van der Waals surface area contributed by atoms with Crippen molar-refractivity contribution in [2.24, 2.45) is 9.98 Å². The summed E-state index contributed by atoms with van der Waals surface area (Å²) in [5, 5.41) is 14.2. The second kappa shape index (κ2) is 16.3. The summed E-state index contributed by atoms with van der Waals surface area (Å²) in [6.45, 7) is 17.7. The summed E-state index contributed by atoms with van der Waals surface area (Å²) in [6, 6.07) is 11.8. The van der Waals surface area contributed by atoms with Crippen LogP contribution in [-0.4, -0.2) is 85.6 Å². The van der Waals surface area contributed by atoms with Gasteiger partial charge in [0.25, 0.3) is 5.91 Å². The summed E-state index contributed by atoms with van der Waals surface area (Å²) in [5.74, 6) is 1.23. The molecule has 2 N–H and O–H groups in total. The Morgan fingerprint density at radius 2 is 1.26 bits per heavy atom. The number of hydrogen-bond acceptors (Lipinski definition) is 7. The van der Waals surface area contributed by atoms with Gasteiger partial charge in [0, 0.05) is 46.6 Å². The fraction of sp³-hybridized carbons (Fsp3) is 0.484. The Labute approximate surface area is 267 Å². The summed E-state index contributed by atoms with van der Waals surface area (Å²) in [6.07, 6.45) is 5.89. The zero-order valence-corrected chi connectivity index (χ0v) is 31.2. The van der Waals surface area contributed by atoms with E-state index < -0.39 is 22.1 Å². The molecule has 230 valence electrons. The smallest absolute Gasteiger partial charge is 0.335 e. The van der Waals surface area contributed by atoms with Crippen LogP contribution >= 0.6 is 35.3 Å². The molecule has 42 heavy (non-hydrogen) atoms. The predicted octanol–water partition coefficient (Wildman–Crippen LogP) is 7.51. The number of aryl methyl sites for hydroxylation is 2. The highest BCUT2D eigenvalue weighted by Gasteiger charge is 2.22. The molecule has 0 spiro atoms. The van der Waals surface area contributed by atoms with Gasteiger partial charge in [0.15, 0.2) is 0 Å². The van der Waals surface area contributed by atoms with Crippen LogP contribution in [-0.2, 0) is 0 Å². The van der Waals surface area contributed by atoms with Crippen molar-refractivity contribution in [3.05, 3.63) is 69.8 Å². The fourth-order valence-electron chi connectivity index (χ4n) is 3.84. The minimum Gasteiger partial charge on any atom is -0.478 e. The van der Waals surface area contributed by atoms with Crippen LogP contribution in [0, 0.1) is 13.8 Å². The Morgan fingerprint density at radius 1 is 0.833 bits per heavy atom. The number of hydrogen-bond donors (Lipinski definition) is 2. The molecule has 1 aliphatic rings. The largest absolute Gasteiger partial charge is 0.478 e. The molecule has 0 unspecified atom stereocenters. The molecule has 0 aliphatic carbocycles. The van der Waals surface area contributed by atoms with Gasteiger partial charge in [-0.1, -0.05) is 51.4 Å². The van der Waals surface area contributed by atoms with E-state index in [1.807, 2.05) is 56.1 Å². The monoisotopic (exact) mass is 661 g/mol. The number of carbonyl (C=O) groups is 2. The molecule has 6 nitrogen and oxygen atoms in total. The number of aromatic carboxylic acids is 1. The van der Waals surface area contributed by atoms with E-state index in [0.29, 0.717) is 11.6 Å². The molecule has 0 saturated carbocycles. The van der Waals surface area contributed by atoms with Crippen LogP contribution in [0.5, 0.6) is 0 Å². The summed E-state index contributed by atoms with van der Waals surface area (Å²) in [7, 11) is -2.40. The van der Waals surface area contributed by atoms with Crippen molar-refractivity contribution in [2.75, 3.05) is 36.4 Å². The minimum absolute atomic E-state index is 0.0455. The number of rotatable bonds is 9. The number of carboxylic acid groups (broad SMARTS) is 1. The van der Waals surface area contributed by atoms with Gasteiger partial charge in [-0.3, -0.25) is 14.8 Å². The van der Waals surface area contributed by atoms with Gasteiger partial charge in [0.2, 0.25) is 0 Å². The lowest BCUT2D eigenvalue weighted by molar-refractivity contribution is 0.0695. The van der Waals surface area contributed by atoms with Gasteiger partial charge < -0.3 is 10.4 Å². The molecule has 1 fully saturated rings. The highest BCUT2D eigenvalue weighted by molar-refractivity contribution is 8.14. The topological polar surface area (TPSA) is 91.1 Å². The Bertz CT molecular complexity index is 1310. The van der Waals surface area contributed by atoms with E-state index in [4.69, 9.17) is 15.1 Å². The van der Waals surface area contributed by atoms with Gasteiger partial charge in [-0.2, -0.15) is 11.8 Å². The average Bonchev–Trinajstić information content (AvgIpc) is 2.86. The molecule has 0 aromatic heterocycles. The Balaban J connectivity index is 0.000000299. The second-order valence-corrected chi connectivity index (χ2v) is 26.4. The number of benzene rings is 2. The van der Waals surface area contributed by atoms with Crippen LogP contribution in [0.3, 0.4) is 0 Å². The van der Waals surface area contributed by atoms with E-state index in [2.05, 4.69) is 56.9 Å². The Kier molecular flexibility index (Phi) is 14.1. The predicted molar refractivity (Wildman–Crippen MR) is 194 cm³/mol. The van der Waals surface area contributed by atoms with Gasteiger partial charge in [0.05, 0.1) is 31.8 Å². The van der Waals surface area contributed by atoms with Crippen molar-refractivity contribution in [2.45, 2.75) is 59.2 Å². The molecular weight excluding hydrogens is 615 g/mol. The first-order valence-corrected chi connectivity index (χ1v) is 25.1. The molecular formula is C31H47N3O3S3Si2. The summed E-state index contributed by atoms with van der Waals surface area (Å²) >= 11 is 5.16. The molecule has 1 aliphatic heterocycles. The molecule has 1 amide bonds. The van der Waals surface area contributed by atoms with Crippen LogP contribution in [0.4, 0.5) is 0 Å². The highest BCUT2D eigenvalue weighted by Crippen LogP contribution is 2.21. The van der Waals surface area contributed by atoms with Crippen LogP contribution in [0.15, 0.2) is 46.4 Å². The highest BCUT2D eigenvalue weighted by atomic mass is 32.2. The number of aliphatic imine (C=N–C) groups is 2. The summed E-state index contributed by atoms with van der Waals surface area (Å²) in [4.78, 5) is 32.8. The number of amides is 1. The standard InChI is InChI=1S/C17H26N2OS2Si.C14H21NO2SSi/c1-12-8-13(17(21-2)18-11-23(3,4)5)6-7-15(12)16(20)19-14-9-22-10-14;1-10-8-11(6-7-12(10)14(16)17)13(18-2)15-9-19(3,4)5/h6-8,14H,9-11H2,1-5H3,(H,19,20);6-8H,9H2,1-5H3,(H,16,17). The van der Waals surface area contributed by atoms with Gasteiger partial charge in [-0.25, -0.2) is 4.79 Å². The van der Waals surface area contributed by atoms with Crippen molar-refractivity contribution < 1.29 is 14.7 Å². The maximum atomic E-state index is 12.3. The molecule has 1 saturated heterocycles. The molecule has 0 atom stereocenters. The van der Waals surface area contributed by atoms with Crippen LogP contribution in [0.2, 0.25) is 39.3 Å². The Morgan fingerprint density at radius 3 is 1.57 bits per heavy atom. The maximum Gasteiger partial charge on any atom is 0.335 e. The molecule has 2 aromatic rings. The number of carbonyl (C=O) groups excluding carboxylic acids is 1. The van der Waals surface area contributed by atoms with E-state index >= 15 is 0 Å². The van der Waals surface area contributed by atoms with E-state index in [-0.39, 0.29) is 5.91 Å². The summed E-state index contributed by atoms with van der Waals surface area (Å²) in [5.41, 5.74) is 5.05. The fourth-order valence-corrected chi connectivity index (χ4v) is 7.08. The van der Waals surface area contributed by atoms with Gasteiger partial charge in [0.1, 0.15) is 0 Å². The lowest BCUT2D eigenvalue weighted by Crippen LogP contribution is -2.44. The summed E-state index contributed by atoms with van der Waals surface area (Å²) < 4.78 is 0. The van der Waals surface area contributed by atoms with Gasteiger partial charge >= 0.3 is 5.97 Å². The average molecular weight is 662 g/mol. The maximum absolute atomic E-state index is 12.3. The van der Waals surface area contributed by atoms with E-state index in [1.54, 1.807) is 29.6 Å². The second-order valence-electron chi connectivity index (χ2n) is 12.8. The van der Waals surface area contributed by atoms with Crippen LogP contribution < -0.4 is 5.32 Å². The zero-order valence-electron chi connectivity index (χ0n) is 26.8. The molecule has 2 aromatic carbocycles. The molecule has 0 radical (unpaired) electrons. The third-order valence-electron chi connectivity index (χ3n) is 6.18. The van der Waals surface area contributed by atoms with Crippen molar-refractivity contribution in [1.82, 2.24) is 5.32 Å². The van der Waals surface area contributed by atoms with Crippen LogP contribution in [0.25, 0.3) is 0 Å². The minimum atomic E-state index is -1.21. The molecule has 11 heteroatoms. The third kappa shape index (κ3) is 12.1. The first-order valence-electron chi connectivity index (χ1n) is 14.1. The molecule has 3 rings (SSSR count). The lowest BCUT2D eigenvalue weighted by atomic mass is 10.0. The number of carboxylic acids is 1. The Hall–Kier alpha value is -1.80. The van der Waals surface area contributed by atoms with Crippen molar-refractivity contribution >= 4 is 73.4 Å². The zero-order chi connectivity index (χ0) is 31.7. The first-order chi connectivity index (χ1) is 19.5. The van der Waals surface area contributed by atoms with E-state index in [1.165, 1.54) is 0 Å². The lowest BCUT2D eigenvalue weighted by Gasteiger charge is -2.26. The SMILES string of the molecule is CSC(=NC[Si](C)(C)C)c1ccc(C(=O)NC2CSC2)c(C)c1.CSC(=NC[Si](C)(C)C)c1ccc(C(=O)O)c(C)c1. The van der Waals surface area contributed by atoms with Crippen molar-refractivity contribution in [3.8, 4) is 0 Å². The van der Waals surface area contributed by atoms with Crippen molar-refractivity contribution in [1.29, 1.82) is 0 Å². The van der Waals surface area contributed by atoms with Crippen LogP contribution in [0.1, 0.15) is 43.0 Å². The van der Waals surface area contributed by atoms with Gasteiger partial charge in [-0.15, -0.1) is 23.5 Å². The quantitative estimate of drug-likeness (QED) is 0.164. The molecule has 1 heterocycles. The number of thioether (sulfide) groups is 3. The van der Waals surface area contributed by atoms with E-state index in [9.17, 15) is 9.59 Å². The van der Waals surface area contributed by atoms with Crippen molar-refractivity contribution in [3.63, 3.8) is 0 Å². The third-order valence-corrected chi connectivity index (χ3v) is 11.2. The molecule has 0 bridgehead atoms. The number of nitrogens with zero attached hydrogens (tertiary/aromatic N) is 2. The number of nitrogens with one attached hydrogen (secondary N) is 1.